The number of thioether (sulfide) groups is 1. The summed E-state index contributed by atoms with van der Waals surface area (Å²) in [5.74, 6) is 1.33. The molecule has 0 spiro atoms. The van der Waals surface area contributed by atoms with Crippen LogP contribution in [-0.4, -0.2) is 30.4 Å². The first kappa shape index (κ1) is 14.0. The lowest BCUT2D eigenvalue weighted by Crippen LogP contribution is -1.93. The molecule has 6 heteroatoms. The summed E-state index contributed by atoms with van der Waals surface area (Å²) in [5.41, 5.74) is 1.66. The van der Waals surface area contributed by atoms with Crippen molar-refractivity contribution in [3.63, 3.8) is 0 Å². The van der Waals surface area contributed by atoms with Gasteiger partial charge >= 0.3 is 0 Å². The fourth-order valence-electron chi connectivity index (χ4n) is 1.63. The molecule has 0 radical (unpaired) electrons. The second-order valence-corrected chi connectivity index (χ2v) is 4.79. The Morgan fingerprint density at radius 1 is 1.05 bits per heavy atom. The van der Waals surface area contributed by atoms with E-state index in [4.69, 9.17) is 21.1 Å². The van der Waals surface area contributed by atoms with Crippen LogP contribution in [0.1, 0.15) is 0 Å². The van der Waals surface area contributed by atoms with Crippen molar-refractivity contribution < 1.29 is 9.47 Å². The molecule has 0 atom stereocenters. The second kappa shape index (κ2) is 6.12. The molecule has 0 bridgehead atoms. The third kappa shape index (κ3) is 3.11. The van der Waals surface area contributed by atoms with Crippen LogP contribution in [0, 0.1) is 0 Å². The Labute approximate surface area is 121 Å². The molecular weight excluding hydrogens is 284 g/mol. The molecular formula is C13H13ClN2O2S. The topological polar surface area (TPSA) is 44.2 Å². The Bertz CT molecular complexity index is 593. The summed E-state index contributed by atoms with van der Waals surface area (Å²) < 4.78 is 10.5. The minimum absolute atomic E-state index is 0.420. The number of halogens is 1. The van der Waals surface area contributed by atoms with Gasteiger partial charge < -0.3 is 9.47 Å². The number of rotatable bonds is 4. The molecule has 2 rings (SSSR count). The Morgan fingerprint density at radius 3 is 2.42 bits per heavy atom. The molecule has 1 aromatic heterocycles. The zero-order valence-electron chi connectivity index (χ0n) is 10.8. The average molecular weight is 297 g/mol. The maximum Gasteiger partial charge on any atom is 0.189 e. The van der Waals surface area contributed by atoms with Crippen molar-refractivity contribution in [2.45, 2.75) is 5.16 Å². The van der Waals surface area contributed by atoms with Crippen molar-refractivity contribution in [1.82, 2.24) is 9.97 Å². The first-order valence-electron chi connectivity index (χ1n) is 5.49. The van der Waals surface area contributed by atoms with Crippen LogP contribution < -0.4 is 9.47 Å². The van der Waals surface area contributed by atoms with Crippen molar-refractivity contribution in [3.05, 3.63) is 29.4 Å². The second-order valence-electron chi connectivity index (χ2n) is 3.63. The number of ether oxygens (including phenoxy) is 2. The molecule has 0 saturated heterocycles. The van der Waals surface area contributed by atoms with Gasteiger partial charge in [0, 0.05) is 11.6 Å². The SMILES string of the molecule is COc1ccc(-c2cc(Cl)nc(SC)n2)cc1OC. The predicted octanol–water partition coefficient (Wildman–Crippen LogP) is 3.54. The van der Waals surface area contributed by atoms with Crippen molar-refractivity contribution in [2.24, 2.45) is 0 Å². The molecule has 0 fully saturated rings. The maximum absolute atomic E-state index is 5.99. The van der Waals surface area contributed by atoms with E-state index >= 15 is 0 Å². The fraction of sp³-hybridized carbons (Fsp3) is 0.231. The van der Waals surface area contributed by atoms with Gasteiger partial charge in [0.25, 0.3) is 0 Å². The summed E-state index contributed by atoms with van der Waals surface area (Å²) in [4.78, 5) is 8.54. The maximum atomic E-state index is 5.99. The Hall–Kier alpha value is -1.46. The summed E-state index contributed by atoms with van der Waals surface area (Å²) >= 11 is 7.44. The molecule has 1 heterocycles. The average Bonchev–Trinajstić information content (AvgIpc) is 2.45. The first-order valence-corrected chi connectivity index (χ1v) is 7.09. The van der Waals surface area contributed by atoms with Gasteiger partial charge in [0.15, 0.2) is 16.7 Å². The number of hydrogen-bond donors (Lipinski definition) is 0. The quantitative estimate of drug-likeness (QED) is 0.490. The molecule has 0 aliphatic heterocycles. The van der Waals surface area contributed by atoms with E-state index in [2.05, 4.69) is 9.97 Å². The van der Waals surface area contributed by atoms with E-state index in [0.717, 1.165) is 11.3 Å². The van der Waals surface area contributed by atoms with E-state index in [9.17, 15) is 0 Å². The van der Waals surface area contributed by atoms with E-state index < -0.39 is 0 Å². The number of hydrogen-bond acceptors (Lipinski definition) is 5. The Balaban J connectivity index is 2.49. The van der Waals surface area contributed by atoms with Gasteiger partial charge in [-0.05, 0) is 24.5 Å². The molecule has 0 unspecified atom stereocenters. The van der Waals surface area contributed by atoms with Gasteiger partial charge in [-0.3, -0.25) is 0 Å². The lowest BCUT2D eigenvalue weighted by atomic mass is 10.1. The van der Waals surface area contributed by atoms with Crippen LogP contribution in [0.2, 0.25) is 5.15 Å². The monoisotopic (exact) mass is 296 g/mol. The summed E-state index contributed by atoms with van der Waals surface area (Å²) in [6, 6.07) is 7.33. The van der Waals surface area contributed by atoms with Crippen molar-refractivity contribution in [1.29, 1.82) is 0 Å². The van der Waals surface area contributed by atoms with Crippen LogP contribution in [0.25, 0.3) is 11.3 Å². The van der Waals surface area contributed by atoms with E-state index in [1.807, 2.05) is 24.5 Å². The third-order valence-electron chi connectivity index (χ3n) is 2.54. The van der Waals surface area contributed by atoms with E-state index in [1.54, 1.807) is 20.3 Å². The van der Waals surface area contributed by atoms with Gasteiger partial charge in [-0.1, -0.05) is 23.4 Å². The molecule has 4 nitrogen and oxygen atoms in total. The molecule has 100 valence electrons. The molecule has 0 aliphatic rings. The summed E-state index contributed by atoms with van der Waals surface area (Å²) in [5, 5.41) is 1.06. The van der Waals surface area contributed by atoms with Gasteiger partial charge in [0.2, 0.25) is 0 Å². The zero-order valence-corrected chi connectivity index (χ0v) is 12.4. The molecule has 0 amide bonds. The van der Waals surface area contributed by atoms with Crippen LogP contribution in [0.5, 0.6) is 11.5 Å². The van der Waals surface area contributed by atoms with Crippen LogP contribution in [0.4, 0.5) is 0 Å². The smallest absolute Gasteiger partial charge is 0.189 e. The normalized spacial score (nSPS) is 10.3. The van der Waals surface area contributed by atoms with Crippen molar-refractivity contribution in [3.8, 4) is 22.8 Å². The van der Waals surface area contributed by atoms with E-state index in [1.165, 1.54) is 11.8 Å². The highest BCUT2D eigenvalue weighted by Gasteiger charge is 2.09. The minimum Gasteiger partial charge on any atom is -0.493 e. The predicted molar refractivity (Wildman–Crippen MR) is 77.4 cm³/mol. The van der Waals surface area contributed by atoms with Gasteiger partial charge in [-0.15, -0.1) is 0 Å². The third-order valence-corrected chi connectivity index (χ3v) is 3.28. The van der Waals surface area contributed by atoms with Crippen LogP contribution in [-0.2, 0) is 0 Å². The number of aromatic nitrogens is 2. The number of methoxy groups -OCH3 is 2. The highest BCUT2D eigenvalue weighted by molar-refractivity contribution is 7.98. The summed E-state index contributed by atoms with van der Waals surface area (Å²) in [6.07, 6.45) is 1.91. The fourth-order valence-corrected chi connectivity index (χ4v) is 2.24. The molecule has 19 heavy (non-hydrogen) atoms. The highest BCUT2D eigenvalue weighted by Crippen LogP contribution is 2.32. The zero-order chi connectivity index (χ0) is 13.8. The molecule has 0 saturated carbocycles. The van der Waals surface area contributed by atoms with Gasteiger partial charge in [0.05, 0.1) is 19.9 Å². The number of nitrogens with zero attached hydrogens (tertiary/aromatic N) is 2. The Kier molecular flexibility index (Phi) is 4.50. The van der Waals surface area contributed by atoms with Gasteiger partial charge in [-0.25, -0.2) is 9.97 Å². The summed E-state index contributed by atoms with van der Waals surface area (Å²) in [7, 11) is 3.20. The molecule has 0 aliphatic carbocycles. The molecule has 2 aromatic rings. The van der Waals surface area contributed by atoms with Crippen molar-refractivity contribution in [2.75, 3.05) is 20.5 Å². The summed E-state index contributed by atoms with van der Waals surface area (Å²) in [6.45, 7) is 0. The standard InChI is InChI=1S/C13H13ClN2O2S/c1-17-10-5-4-8(6-11(10)18-2)9-7-12(14)16-13(15-9)19-3/h4-7H,1-3H3. The van der Waals surface area contributed by atoms with Crippen LogP contribution in [0.3, 0.4) is 0 Å². The lowest BCUT2D eigenvalue weighted by Gasteiger charge is -2.09. The lowest BCUT2D eigenvalue weighted by molar-refractivity contribution is 0.355. The van der Waals surface area contributed by atoms with Gasteiger partial charge in [0.1, 0.15) is 5.15 Å². The van der Waals surface area contributed by atoms with Crippen LogP contribution >= 0.6 is 23.4 Å². The van der Waals surface area contributed by atoms with Gasteiger partial charge in [-0.2, -0.15) is 0 Å². The van der Waals surface area contributed by atoms with E-state index in [0.29, 0.717) is 21.8 Å². The Morgan fingerprint density at radius 2 is 1.79 bits per heavy atom. The largest absolute Gasteiger partial charge is 0.493 e. The number of benzene rings is 1. The molecule has 1 aromatic carbocycles. The highest BCUT2D eigenvalue weighted by atomic mass is 35.5. The first-order chi connectivity index (χ1) is 9.17. The van der Waals surface area contributed by atoms with Crippen molar-refractivity contribution >= 4 is 23.4 Å². The molecule has 0 N–H and O–H groups in total. The van der Waals surface area contributed by atoms with E-state index in [-0.39, 0.29) is 0 Å². The minimum atomic E-state index is 0.420. The van der Waals surface area contributed by atoms with Crippen LogP contribution in [0.15, 0.2) is 29.4 Å².